The zero-order valence-electron chi connectivity index (χ0n) is 14.0. The molecule has 0 atom stereocenters. The second-order valence-corrected chi connectivity index (χ2v) is 8.01. The van der Waals surface area contributed by atoms with Gasteiger partial charge in [-0.1, -0.05) is 24.6 Å². The largest absolute Gasteiger partial charge is 0.354 e. The molecule has 1 fully saturated rings. The van der Waals surface area contributed by atoms with Crippen LogP contribution in [0.1, 0.15) is 6.92 Å². The van der Waals surface area contributed by atoms with Gasteiger partial charge in [0.1, 0.15) is 5.82 Å². The van der Waals surface area contributed by atoms with E-state index in [2.05, 4.69) is 26.4 Å². The topological polar surface area (TPSA) is 65.5 Å². The van der Waals surface area contributed by atoms with Crippen LogP contribution in [0.25, 0.3) is 0 Å². The van der Waals surface area contributed by atoms with Crippen molar-refractivity contribution in [3.8, 4) is 0 Å². The van der Waals surface area contributed by atoms with Crippen molar-refractivity contribution in [2.24, 2.45) is 0 Å². The maximum atomic E-state index is 12.4. The first-order valence-corrected chi connectivity index (χ1v) is 10.1. The molecule has 8 heteroatoms. The summed E-state index contributed by atoms with van der Waals surface area (Å²) < 4.78 is 27.3. The highest BCUT2D eigenvalue weighted by molar-refractivity contribution is 7.92. The molecule has 0 amide bonds. The Morgan fingerprint density at radius 3 is 2.52 bits per heavy atom. The number of pyridine rings is 1. The van der Waals surface area contributed by atoms with Crippen LogP contribution in [0.3, 0.4) is 0 Å². The Balaban J connectivity index is 1.68. The first kappa shape index (κ1) is 18.0. The highest BCUT2D eigenvalue weighted by Gasteiger charge is 2.18. The van der Waals surface area contributed by atoms with Crippen LogP contribution in [-0.2, 0) is 10.0 Å². The van der Waals surface area contributed by atoms with Gasteiger partial charge >= 0.3 is 0 Å². The molecule has 1 aliphatic rings. The average molecular weight is 381 g/mol. The third-order valence-electron chi connectivity index (χ3n) is 4.25. The summed E-state index contributed by atoms with van der Waals surface area (Å²) in [6.45, 7) is 7.10. The smallest absolute Gasteiger partial charge is 0.261 e. The number of hydrogen-bond donors (Lipinski definition) is 1. The number of rotatable bonds is 5. The number of nitrogens with one attached hydrogen (secondary N) is 1. The van der Waals surface area contributed by atoms with Gasteiger partial charge in [0.15, 0.2) is 0 Å². The summed E-state index contributed by atoms with van der Waals surface area (Å²) in [5, 5.41) is 0.377. The van der Waals surface area contributed by atoms with Gasteiger partial charge in [0.25, 0.3) is 10.0 Å². The summed E-state index contributed by atoms with van der Waals surface area (Å²) in [5.74, 6) is 0.862. The fraction of sp³-hybridized carbons (Fsp3) is 0.353. The maximum Gasteiger partial charge on any atom is 0.261 e. The lowest BCUT2D eigenvalue weighted by Crippen LogP contribution is -2.46. The van der Waals surface area contributed by atoms with E-state index in [4.69, 9.17) is 11.6 Å². The van der Waals surface area contributed by atoms with E-state index in [-0.39, 0.29) is 4.90 Å². The van der Waals surface area contributed by atoms with Crippen LogP contribution in [-0.4, -0.2) is 51.0 Å². The zero-order chi connectivity index (χ0) is 17.9. The third kappa shape index (κ3) is 4.42. The molecule has 1 aromatic heterocycles. The summed E-state index contributed by atoms with van der Waals surface area (Å²) in [4.78, 5) is 9.13. The van der Waals surface area contributed by atoms with E-state index in [0.717, 1.165) is 38.5 Å². The fourth-order valence-electron chi connectivity index (χ4n) is 2.77. The number of sulfonamides is 1. The van der Waals surface area contributed by atoms with Gasteiger partial charge in [0, 0.05) is 31.2 Å². The van der Waals surface area contributed by atoms with Crippen molar-refractivity contribution in [3.63, 3.8) is 0 Å². The molecule has 0 spiro atoms. The monoisotopic (exact) mass is 380 g/mol. The molecular formula is C17H21ClN4O2S. The molecular weight excluding hydrogens is 360 g/mol. The highest BCUT2D eigenvalue weighted by atomic mass is 35.5. The fourth-order valence-corrected chi connectivity index (χ4v) is 4.12. The predicted octanol–water partition coefficient (Wildman–Crippen LogP) is 2.68. The van der Waals surface area contributed by atoms with Crippen molar-refractivity contribution in [1.29, 1.82) is 0 Å². The van der Waals surface area contributed by atoms with Crippen LogP contribution in [0.2, 0.25) is 5.02 Å². The quantitative estimate of drug-likeness (QED) is 0.863. The number of piperazine rings is 1. The summed E-state index contributed by atoms with van der Waals surface area (Å²) in [7, 11) is -3.68. The molecule has 1 aromatic carbocycles. The Bertz CT molecular complexity index is 819. The lowest BCUT2D eigenvalue weighted by atomic mass is 10.3. The molecule has 1 N–H and O–H groups in total. The first-order valence-electron chi connectivity index (χ1n) is 8.19. The summed E-state index contributed by atoms with van der Waals surface area (Å²) in [5.41, 5.74) is 0.427. The van der Waals surface area contributed by atoms with Crippen molar-refractivity contribution in [3.05, 3.63) is 47.6 Å². The van der Waals surface area contributed by atoms with Crippen molar-refractivity contribution in [1.82, 2.24) is 9.88 Å². The van der Waals surface area contributed by atoms with Gasteiger partial charge in [0.2, 0.25) is 0 Å². The number of aromatic nitrogens is 1. The van der Waals surface area contributed by atoms with Crippen LogP contribution in [0, 0.1) is 0 Å². The lowest BCUT2D eigenvalue weighted by molar-refractivity contribution is 0.270. The molecule has 0 bridgehead atoms. The van der Waals surface area contributed by atoms with Crippen LogP contribution < -0.4 is 9.62 Å². The first-order chi connectivity index (χ1) is 12.0. The molecule has 134 valence electrons. The average Bonchev–Trinajstić information content (AvgIpc) is 2.62. The normalized spacial score (nSPS) is 16.0. The number of nitrogens with zero attached hydrogens (tertiary/aromatic N) is 3. The van der Waals surface area contributed by atoms with E-state index in [1.54, 1.807) is 24.4 Å². The number of halogens is 1. The number of anilines is 2. The molecule has 0 unspecified atom stereocenters. The molecule has 2 heterocycles. The second kappa shape index (κ2) is 7.59. The van der Waals surface area contributed by atoms with E-state index in [1.807, 2.05) is 6.07 Å². The maximum absolute atomic E-state index is 12.4. The van der Waals surface area contributed by atoms with Crippen LogP contribution in [0.5, 0.6) is 0 Å². The van der Waals surface area contributed by atoms with E-state index in [1.165, 1.54) is 12.1 Å². The summed E-state index contributed by atoms with van der Waals surface area (Å²) >= 11 is 5.87. The molecule has 1 aliphatic heterocycles. The number of hydrogen-bond acceptors (Lipinski definition) is 5. The third-order valence-corrected chi connectivity index (χ3v) is 5.86. The van der Waals surface area contributed by atoms with Gasteiger partial charge in [-0.3, -0.25) is 4.72 Å². The van der Waals surface area contributed by atoms with Gasteiger partial charge in [-0.25, -0.2) is 13.4 Å². The Morgan fingerprint density at radius 1 is 1.16 bits per heavy atom. The minimum Gasteiger partial charge on any atom is -0.354 e. The zero-order valence-corrected chi connectivity index (χ0v) is 15.6. The second-order valence-electron chi connectivity index (χ2n) is 5.89. The van der Waals surface area contributed by atoms with E-state index >= 15 is 0 Å². The van der Waals surface area contributed by atoms with Crippen molar-refractivity contribution in [2.45, 2.75) is 11.8 Å². The molecule has 3 rings (SSSR count). The predicted molar refractivity (Wildman–Crippen MR) is 101 cm³/mol. The Labute approximate surface area is 153 Å². The molecule has 0 radical (unpaired) electrons. The van der Waals surface area contributed by atoms with Gasteiger partial charge in [0.05, 0.1) is 16.8 Å². The van der Waals surface area contributed by atoms with E-state index in [9.17, 15) is 8.42 Å². The Hall–Kier alpha value is -1.83. The van der Waals surface area contributed by atoms with Gasteiger partial charge < -0.3 is 9.80 Å². The molecule has 0 aliphatic carbocycles. The number of benzene rings is 1. The van der Waals surface area contributed by atoms with Gasteiger partial charge in [-0.05, 0) is 36.9 Å². The van der Waals surface area contributed by atoms with Crippen LogP contribution in [0.4, 0.5) is 11.5 Å². The Morgan fingerprint density at radius 2 is 1.92 bits per heavy atom. The SMILES string of the molecule is CCN1CCN(c2ccc(NS(=O)(=O)c3cccc(Cl)c3)cn2)CC1. The molecule has 25 heavy (non-hydrogen) atoms. The standard InChI is InChI=1S/C17H21ClN4O2S/c1-2-21-8-10-22(11-9-21)17-7-6-15(13-19-17)20-25(23,24)16-5-3-4-14(18)12-16/h3-7,12-13,20H,2,8-11H2,1H3. The summed E-state index contributed by atoms with van der Waals surface area (Å²) in [6, 6.07) is 9.74. The van der Waals surface area contributed by atoms with E-state index in [0.29, 0.717) is 10.7 Å². The number of likely N-dealkylation sites (N-methyl/N-ethyl adjacent to an activating group) is 1. The Kier molecular flexibility index (Phi) is 5.46. The highest BCUT2D eigenvalue weighted by Crippen LogP contribution is 2.21. The summed E-state index contributed by atoms with van der Waals surface area (Å²) in [6.07, 6.45) is 1.55. The van der Waals surface area contributed by atoms with Crippen molar-refractivity contribution < 1.29 is 8.42 Å². The molecule has 6 nitrogen and oxygen atoms in total. The minimum absolute atomic E-state index is 0.125. The van der Waals surface area contributed by atoms with Crippen molar-refractivity contribution in [2.75, 3.05) is 42.3 Å². The molecule has 1 saturated heterocycles. The lowest BCUT2D eigenvalue weighted by Gasteiger charge is -2.34. The van der Waals surface area contributed by atoms with Crippen LogP contribution >= 0.6 is 11.6 Å². The minimum atomic E-state index is -3.68. The van der Waals surface area contributed by atoms with Gasteiger partial charge in [-0.15, -0.1) is 0 Å². The van der Waals surface area contributed by atoms with E-state index < -0.39 is 10.0 Å². The molecule has 0 saturated carbocycles. The van der Waals surface area contributed by atoms with Crippen molar-refractivity contribution >= 4 is 33.1 Å². The molecule has 2 aromatic rings. The van der Waals surface area contributed by atoms with Crippen LogP contribution in [0.15, 0.2) is 47.5 Å². The van der Waals surface area contributed by atoms with Gasteiger partial charge in [-0.2, -0.15) is 0 Å².